The number of aromatic nitrogens is 1. The summed E-state index contributed by atoms with van der Waals surface area (Å²) in [6.45, 7) is 1.53. The molecule has 0 amide bonds. The van der Waals surface area contributed by atoms with E-state index in [0.717, 1.165) is 30.5 Å². The lowest BCUT2D eigenvalue weighted by Crippen LogP contribution is -2.14. The molecule has 0 bridgehead atoms. The minimum absolute atomic E-state index is 0.00959. The summed E-state index contributed by atoms with van der Waals surface area (Å²) in [6, 6.07) is 3.41. The van der Waals surface area contributed by atoms with E-state index >= 15 is 0 Å². The smallest absolute Gasteiger partial charge is 0.416 e. The topological polar surface area (TPSA) is 104 Å². The molecule has 0 N–H and O–H groups in total. The Labute approximate surface area is 163 Å². The predicted molar refractivity (Wildman–Crippen MR) is 93.3 cm³/mol. The van der Waals surface area contributed by atoms with Crippen LogP contribution in [0.4, 0.5) is 13.2 Å². The Morgan fingerprint density at radius 3 is 2.34 bits per heavy atom. The van der Waals surface area contributed by atoms with E-state index in [0.29, 0.717) is 0 Å². The molecule has 0 spiro atoms. The maximum atomic E-state index is 13.0. The molecule has 0 radical (unpaired) electrons. The molecule has 7 nitrogen and oxygen atoms in total. The molecule has 1 saturated carbocycles. The normalized spacial score (nSPS) is 19.1. The van der Waals surface area contributed by atoms with Crippen LogP contribution in [0.15, 0.2) is 28.8 Å². The number of hydrogen-bond donors (Lipinski definition) is 0. The van der Waals surface area contributed by atoms with Crippen LogP contribution in [0.5, 0.6) is 0 Å². The molecule has 1 aliphatic carbocycles. The van der Waals surface area contributed by atoms with Gasteiger partial charge in [0, 0.05) is 17.7 Å². The molecule has 2 aromatic rings. The molecule has 0 saturated heterocycles. The maximum absolute atomic E-state index is 13.0. The standard InChI is InChI=1S/C18H16F3NO6S/c1-3-27-17(24)14-13(16(28-22-14)11-8-12(11)29(2,25)26)15(23)9-4-6-10(7-5-9)18(19,20)21/h4-7,11-12H,3,8H2,1-2H3. The molecule has 2 atom stereocenters. The van der Waals surface area contributed by atoms with Gasteiger partial charge >= 0.3 is 12.1 Å². The predicted octanol–water partition coefficient (Wildman–Crippen LogP) is 3.00. The van der Waals surface area contributed by atoms with Gasteiger partial charge in [-0.15, -0.1) is 0 Å². The molecule has 156 valence electrons. The minimum atomic E-state index is -4.57. The van der Waals surface area contributed by atoms with Crippen molar-refractivity contribution in [1.29, 1.82) is 0 Å². The zero-order valence-electron chi connectivity index (χ0n) is 15.3. The highest BCUT2D eigenvalue weighted by Gasteiger charge is 2.51. The van der Waals surface area contributed by atoms with Crippen LogP contribution in [0.1, 0.15) is 57.0 Å². The number of nitrogens with zero attached hydrogens (tertiary/aromatic N) is 1. The molecule has 1 aromatic heterocycles. The van der Waals surface area contributed by atoms with Crippen molar-refractivity contribution in [3.8, 4) is 0 Å². The lowest BCUT2D eigenvalue weighted by molar-refractivity contribution is -0.137. The fourth-order valence-corrected chi connectivity index (χ4v) is 4.27. The van der Waals surface area contributed by atoms with Crippen molar-refractivity contribution in [2.75, 3.05) is 12.9 Å². The van der Waals surface area contributed by atoms with Crippen molar-refractivity contribution in [3.63, 3.8) is 0 Å². The summed E-state index contributed by atoms with van der Waals surface area (Å²) in [5.74, 6) is -2.52. The molecular weight excluding hydrogens is 415 g/mol. The fourth-order valence-electron chi connectivity index (χ4n) is 2.99. The average Bonchev–Trinajstić information content (AvgIpc) is 3.33. The lowest BCUT2D eigenvalue weighted by Gasteiger charge is -2.08. The van der Waals surface area contributed by atoms with Crippen molar-refractivity contribution >= 4 is 21.6 Å². The molecular formula is C18H16F3NO6S. The molecule has 11 heteroatoms. The van der Waals surface area contributed by atoms with Crippen LogP contribution in [-0.4, -0.2) is 43.4 Å². The molecule has 2 unspecified atom stereocenters. The first-order valence-electron chi connectivity index (χ1n) is 8.52. The van der Waals surface area contributed by atoms with Crippen molar-refractivity contribution in [3.05, 3.63) is 52.4 Å². The lowest BCUT2D eigenvalue weighted by atomic mass is 9.98. The second-order valence-electron chi connectivity index (χ2n) is 6.61. The first-order chi connectivity index (χ1) is 13.4. The first-order valence-corrected chi connectivity index (χ1v) is 10.5. The summed E-state index contributed by atoms with van der Waals surface area (Å²) in [6.07, 6.45) is -3.35. The zero-order chi connectivity index (χ0) is 21.6. The van der Waals surface area contributed by atoms with Crippen molar-refractivity contribution in [2.24, 2.45) is 0 Å². The van der Waals surface area contributed by atoms with Gasteiger partial charge in [0.1, 0.15) is 5.56 Å². The summed E-state index contributed by atoms with van der Waals surface area (Å²) >= 11 is 0. The van der Waals surface area contributed by atoms with Crippen LogP contribution < -0.4 is 0 Å². The Morgan fingerprint density at radius 1 is 1.24 bits per heavy atom. The van der Waals surface area contributed by atoms with Crippen molar-refractivity contribution < 1.29 is 40.4 Å². The van der Waals surface area contributed by atoms with Crippen molar-refractivity contribution in [2.45, 2.75) is 30.7 Å². The minimum Gasteiger partial charge on any atom is -0.461 e. The van der Waals surface area contributed by atoms with Gasteiger partial charge < -0.3 is 9.26 Å². The van der Waals surface area contributed by atoms with E-state index in [2.05, 4.69) is 5.16 Å². The Bertz CT molecular complexity index is 1060. The van der Waals surface area contributed by atoms with Gasteiger partial charge in [0.2, 0.25) is 5.69 Å². The second kappa shape index (κ2) is 7.29. The van der Waals surface area contributed by atoms with Gasteiger partial charge in [-0.25, -0.2) is 13.2 Å². The van der Waals surface area contributed by atoms with Crippen LogP contribution in [0.2, 0.25) is 0 Å². The number of carbonyl (C=O) groups is 2. The Balaban J connectivity index is 2.03. The highest BCUT2D eigenvalue weighted by atomic mass is 32.2. The average molecular weight is 431 g/mol. The maximum Gasteiger partial charge on any atom is 0.416 e. The zero-order valence-corrected chi connectivity index (χ0v) is 16.1. The first kappa shape index (κ1) is 21.0. The summed E-state index contributed by atoms with van der Waals surface area (Å²) in [4.78, 5) is 25.1. The van der Waals surface area contributed by atoms with E-state index in [-0.39, 0.29) is 29.9 Å². The van der Waals surface area contributed by atoms with E-state index in [1.165, 1.54) is 6.92 Å². The van der Waals surface area contributed by atoms with E-state index < -0.39 is 50.2 Å². The van der Waals surface area contributed by atoms with Crippen LogP contribution in [-0.2, 0) is 20.8 Å². The third-order valence-corrected chi connectivity index (χ3v) is 6.13. The van der Waals surface area contributed by atoms with Crippen LogP contribution >= 0.6 is 0 Å². The van der Waals surface area contributed by atoms with E-state index in [9.17, 15) is 31.2 Å². The molecule has 3 rings (SSSR count). The largest absolute Gasteiger partial charge is 0.461 e. The fraction of sp³-hybridized carbons (Fsp3) is 0.389. The third kappa shape index (κ3) is 4.19. The van der Waals surface area contributed by atoms with E-state index in [1.54, 1.807) is 0 Å². The Kier molecular flexibility index (Phi) is 5.28. The van der Waals surface area contributed by atoms with Gasteiger partial charge in [0.15, 0.2) is 21.4 Å². The molecule has 1 aliphatic rings. The SMILES string of the molecule is CCOC(=O)c1noc(C2CC2S(C)(=O)=O)c1C(=O)c1ccc(C(F)(F)F)cc1. The van der Waals surface area contributed by atoms with Gasteiger partial charge in [-0.1, -0.05) is 17.3 Å². The van der Waals surface area contributed by atoms with Gasteiger partial charge in [-0.05, 0) is 25.5 Å². The molecule has 1 aromatic carbocycles. The number of halogens is 3. The van der Waals surface area contributed by atoms with E-state index in [4.69, 9.17) is 9.26 Å². The Morgan fingerprint density at radius 2 is 1.86 bits per heavy atom. The highest BCUT2D eigenvalue weighted by Crippen LogP contribution is 2.47. The monoisotopic (exact) mass is 431 g/mol. The second-order valence-corrected chi connectivity index (χ2v) is 8.87. The number of ketones is 1. The number of esters is 1. The summed E-state index contributed by atoms with van der Waals surface area (Å²) < 4.78 is 71.7. The highest BCUT2D eigenvalue weighted by molar-refractivity contribution is 7.91. The van der Waals surface area contributed by atoms with E-state index in [1.807, 2.05) is 0 Å². The number of ether oxygens (including phenoxy) is 1. The van der Waals surface area contributed by atoms with Gasteiger partial charge in [-0.2, -0.15) is 13.2 Å². The van der Waals surface area contributed by atoms with Gasteiger partial charge in [0.25, 0.3) is 0 Å². The van der Waals surface area contributed by atoms with Crippen LogP contribution in [0.25, 0.3) is 0 Å². The number of sulfone groups is 1. The molecule has 1 heterocycles. The third-order valence-electron chi connectivity index (χ3n) is 4.51. The summed E-state index contributed by atoms with van der Waals surface area (Å²) in [7, 11) is -3.42. The summed E-state index contributed by atoms with van der Waals surface area (Å²) in [5.41, 5.74) is -1.81. The molecule has 1 fully saturated rings. The Hall–Kier alpha value is -2.69. The van der Waals surface area contributed by atoms with Gasteiger partial charge in [-0.3, -0.25) is 4.79 Å². The summed E-state index contributed by atoms with van der Waals surface area (Å²) in [5, 5.41) is 2.78. The number of hydrogen-bond acceptors (Lipinski definition) is 7. The number of carbonyl (C=O) groups excluding carboxylic acids is 2. The van der Waals surface area contributed by atoms with Crippen LogP contribution in [0.3, 0.4) is 0 Å². The molecule has 29 heavy (non-hydrogen) atoms. The number of alkyl halides is 3. The number of benzene rings is 1. The van der Waals surface area contributed by atoms with Gasteiger partial charge in [0.05, 0.1) is 17.4 Å². The van der Waals surface area contributed by atoms with Crippen LogP contribution in [0, 0.1) is 0 Å². The molecule has 0 aliphatic heterocycles. The number of rotatable bonds is 6. The quantitative estimate of drug-likeness (QED) is 0.512. The van der Waals surface area contributed by atoms with Crippen molar-refractivity contribution in [1.82, 2.24) is 5.16 Å².